The lowest BCUT2D eigenvalue weighted by Gasteiger charge is -2.22. The molecule has 11 heteroatoms. The van der Waals surface area contributed by atoms with Crippen LogP contribution in [-0.4, -0.2) is 18.1 Å². The second-order valence-corrected chi connectivity index (χ2v) is 10.9. The third-order valence-electron chi connectivity index (χ3n) is 5.81. The minimum Gasteiger partial charge on any atom is -0.337 e. The molecule has 0 aliphatic heterocycles. The van der Waals surface area contributed by atoms with E-state index in [0.29, 0.717) is 10.9 Å². The Bertz CT molecular complexity index is 1490. The van der Waals surface area contributed by atoms with Crippen molar-refractivity contribution in [2.24, 2.45) is 0 Å². The second kappa shape index (κ2) is 8.03. The molecule has 3 N–H and O–H groups in total. The summed E-state index contributed by atoms with van der Waals surface area (Å²) in [6.45, 7) is 1.86. The summed E-state index contributed by atoms with van der Waals surface area (Å²) >= 11 is 0.991. The predicted molar refractivity (Wildman–Crippen MR) is 124 cm³/mol. The maximum Gasteiger partial charge on any atom is 0.434 e. The molecule has 0 spiro atoms. The van der Waals surface area contributed by atoms with Crippen LogP contribution in [0.1, 0.15) is 33.7 Å². The number of thioether (sulfide) groups is 1. The van der Waals surface area contributed by atoms with Crippen molar-refractivity contribution < 1.29 is 21.6 Å². The molecule has 1 aliphatic rings. The van der Waals surface area contributed by atoms with Gasteiger partial charge in [-0.1, -0.05) is 65.9 Å². The van der Waals surface area contributed by atoms with Gasteiger partial charge < -0.3 is 5.84 Å². The Morgan fingerprint density at radius 2 is 1.68 bits per heavy atom. The number of aromatic nitrogens is 2. The highest BCUT2D eigenvalue weighted by Crippen LogP contribution is 2.53. The van der Waals surface area contributed by atoms with Gasteiger partial charge in [0.25, 0.3) is 0 Å². The van der Waals surface area contributed by atoms with Crippen LogP contribution in [0.5, 0.6) is 0 Å². The minimum atomic E-state index is -4.66. The molecule has 2 atom stereocenters. The average molecular weight is 505 g/mol. The molecule has 0 radical (unpaired) electrons. The van der Waals surface area contributed by atoms with Crippen molar-refractivity contribution in [1.82, 2.24) is 14.4 Å². The van der Waals surface area contributed by atoms with Gasteiger partial charge in [-0.3, -0.25) is 0 Å². The van der Waals surface area contributed by atoms with Gasteiger partial charge >= 0.3 is 6.18 Å². The Balaban J connectivity index is 1.59. The fourth-order valence-electron chi connectivity index (χ4n) is 4.20. The Labute approximate surface area is 198 Å². The number of alkyl halides is 3. The Hall–Kier alpha value is -3.02. The summed E-state index contributed by atoms with van der Waals surface area (Å²) in [5, 5.41) is 1.11. The van der Waals surface area contributed by atoms with Crippen molar-refractivity contribution in [3.8, 4) is 0 Å². The molecule has 176 valence electrons. The third kappa shape index (κ3) is 3.83. The molecule has 0 unspecified atom stereocenters. The van der Waals surface area contributed by atoms with Gasteiger partial charge in [-0.15, -0.1) is 0 Å². The summed E-state index contributed by atoms with van der Waals surface area (Å²) in [5.74, 6) is 5.72. The first-order valence-electron chi connectivity index (χ1n) is 10.2. The highest BCUT2D eigenvalue weighted by atomic mass is 32.2. The van der Waals surface area contributed by atoms with Crippen molar-refractivity contribution in [1.29, 1.82) is 0 Å². The Kier molecular flexibility index (Phi) is 5.38. The lowest BCUT2D eigenvalue weighted by Crippen LogP contribution is -2.30. The van der Waals surface area contributed by atoms with Gasteiger partial charge in [0.15, 0.2) is 10.9 Å². The molecule has 0 saturated carbocycles. The minimum absolute atomic E-state index is 0.0679. The maximum atomic E-state index is 13.3. The summed E-state index contributed by atoms with van der Waals surface area (Å²) < 4.78 is 69.5. The van der Waals surface area contributed by atoms with E-state index in [4.69, 9.17) is 5.84 Å². The van der Waals surface area contributed by atoms with Crippen LogP contribution in [-0.2, 0) is 16.2 Å². The first-order valence-corrected chi connectivity index (χ1v) is 12.6. The molecule has 6 nitrogen and oxygen atoms in total. The third-order valence-corrected chi connectivity index (χ3v) is 8.56. The van der Waals surface area contributed by atoms with E-state index in [1.165, 1.54) is 12.1 Å². The first-order chi connectivity index (χ1) is 16.1. The van der Waals surface area contributed by atoms with E-state index in [9.17, 15) is 21.6 Å². The number of nitrogen functional groups attached to an aromatic ring is 1. The van der Waals surface area contributed by atoms with Crippen molar-refractivity contribution in [2.45, 2.75) is 34.4 Å². The van der Waals surface area contributed by atoms with E-state index < -0.39 is 33.2 Å². The number of nitrogens with one attached hydrogen (secondary N) is 1. The number of halogens is 3. The lowest BCUT2D eigenvalue weighted by atomic mass is 10.1. The molecule has 0 fully saturated rings. The van der Waals surface area contributed by atoms with E-state index >= 15 is 0 Å². The number of hydrogen-bond acceptors (Lipinski definition) is 5. The zero-order valence-corrected chi connectivity index (χ0v) is 19.4. The molecular formula is C23H19F3N4O2S2. The monoisotopic (exact) mass is 504 g/mol. The topological polar surface area (TPSA) is 90.0 Å². The maximum absolute atomic E-state index is 13.3. The van der Waals surface area contributed by atoms with Crippen LogP contribution >= 0.6 is 11.8 Å². The van der Waals surface area contributed by atoms with E-state index in [1.54, 1.807) is 12.1 Å². The van der Waals surface area contributed by atoms with Crippen molar-refractivity contribution in [2.75, 3.05) is 5.84 Å². The van der Waals surface area contributed by atoms with Crippen molar-refractivity contribution in [3.63, 3.8) is 0 Å². The van der Waals surface area contributed by atoms with Gasteiger partial charge in [-0.25, -0.2) is 22.8 Å². The van der Waals surface area contributed by atoms with E-state index in [1.807, 2.05) is 43.3 Å². The van der Waals surface area contributed by atoms with Crippen LogP contribution < -0.4 is 10.6 Å². The quantitative estimate of drug-likeness (QED) is 0.376. The number of benzene rings is 3. The molecule has 0 bridgehead atoms. The van der Waals surface area contributed by atoms with Crippen LogP contribution in [0.2, 0.25) is 0 Å². The fourth-order valence-corrected chi connectivity index (χ4v) is 6.74. The van der Waals surface area contributed by atoms with Crippen LogP contribution in [0.4, 0.5) is 13.2 Å². The van der Waals surface area contributed by atoms with Crippen LogP contribution in [0, 0.1) is 6.92 Å². The highest BCUT2D eigenvalue weighted by Gasteiger charge is 2.40. The molecule has 4 aromatic rings. The van der Waals surface area contributed by atoms with Gasteiger partial charge in [0.1, 0.15) is 0 Å². The molecular weight excluding hydrogens is 485 g/mol. The Morgan fingerprint density at radius 1 is 1.03 bits per heavy atom. The SMILES string of the molecule is Cc1ccc(S(=O)(=O)N[C@@H]2c3cccc4cccc(c34)[C@@H]2Sc2ncc(C(F)(F)F)n2N)cc1. The summed E-state index contributed by atoms with van der Waals surface area (Å²) in [6.07, 6.45) is -3.98. The summed E-state index contributed by atoms with van der Waals surface area (Å²) in [5.41, 5.74) is 1.37. The number of rotatable bonds is 5. The number of imidazole rings is 1. The smallest absolute Gasteiger partial charge is 0.337 e. The average Bonchev–Trinajstić information content (AvgIpc) is 3.29. The first kappa shape index (κ1) is 22.8. The molecule has 1 heterocycles. The van der Waals surface area contributed by atoms with Gasteiger partial charge in [0, 0.05) is 0 Å². The fraction of sp³-hybridized carbons (Fsp3) is 0.174. The molecule has 34 heavy (non-hydrogen) atoms. The predicted octanol–water partition coefficient (Wildman–Crippen LogP) is 4.94. The van der Waals surface area contributed by atoms with Crippen LogP contribution in [0.15, 0.2) is 76.9 Å². The number of aryl methyl sites for hydroxylation is 1. The number of nitrogens with two attached hydrogens (primary N) is 1. The van der Waals surface area contributed by atoms with Crippen LogP contribution in [0.25, 0.3) is 10.8 Å². The lowest BCUT2D eigenvalue weighted by molar-refractivity contribution is -0.143. The van der Waals surface area contributed by atoms with E-state index in [-0.39, 0.29) is 10.1 Å². The molecule has 1 aromatic heterocycles. The molecule has 0 amide bonds. The van der Waals surface area contributed by atoms with Crippen LogP contribution in [0.3, 0.4) is 0 Å². The zero-order chi connectivity index (χ0) is 24.3. The summed E-state index contributed by atoms with van der Waals surface area (Å²) in [4.78, 5) is 3.98. The summed E-state index contributed by atoms with van der Waals surface area (Å²) in [6, 6.07) is 16.8. The molecule has 5 rings (SSSR count). The number of hydrogen-bond donors (Lipinski definition) is 2. The molecule has 3 aromatic carbocycles. The van der Waals surface area contributed by atoms with E-state index in [2.05, 4.69) is 9.71 Å². The summed E-state index contributed by atoms with van der Waals surface area (Å²) in [7, 11) is -3.93. The van der Waals surface area contributed by atoms with Crippen molar-refractivity contribution >= 4 is 32.6 Å². The molecule has 0 saturated heterocycles. The largest absolute Gasteiger partial charge is 0.434 e. The standard InChI is InChI=1S/C23H19F3N4O2S2/c1-13-8-10-15(11-9-13)34(31,32)29-20-16-6-2-4-14-5-3-7-17(19(14)16)21(20)33-22-28-12-18(30(22)27)23(24,25)26/h2-12,20-21,29H,27H2,1H3/t20-,21+/m1/s1. The molecule has 1 aliphatic carbocycles. The van der Waals surface area contributed by atoms with Gasteiger partial charge in [0.05, 0.1) is 22.4 Å². The van der Waals surface area contributed by atoms with Gasteiger partial charge in [-0.05, 0) is 41.0 Å². The normalized spacial score (nSPS) is 18.0. The van der Waals surface area contributed by atoms with Gasteiger partial charge in [0.2, 0.25) is 10.0 Å². The second-order valence-electron chi connectivity index (χ2n) is 8.04. The highest BCUT2D eigenvalue weighted by molar-refractivity contribution is 7.99. The Morgan fingerprint density at radius 3 is 2.29 bits per heavy atom. The number of nitrogens with zero attached hydrogens (tertiary/aromatic N) is 2. The zero-order valence-electron chi connectivity index (χ0n) is 17.7. The van der Waals surface area contributed by atoms with E-state index in [0.717, 1.165) is 39.2 Å². The number of sulfonamides is 1. The van der Waals surface area contributed by atoms with Gasteiger partial charge in [-0.2, -0.15) is 13.2 Å². The van der Waals surface area contributed by atoms with Crippen molar-refractivity contribution in [3.05, 3.63) is 89.2 Å².